The van der Waals surface area contributed by atoms with Crippen molar-refractivity contribution < 1.29 is 14.7 Å². The summed E-state index contributed by atoms with van der Waals surface area (Å²) in [5.41, 5.74) is 0. The minimum Gasteiger partial charge on any atom is -0.481 e. The predicted octanol–water partition coefficient (Wildman–Crippen LogP) is 2.31. The fourth-order valence-electron chi connectivity index (χ4n) is 1.51. The highest BCUT2D eigenvalue weighted by atomic mass is 35.5. The van der Waals surface area contributed by atoms with Crippen LogP contribution in [0.2, 0.25) is 5.02 Å². The maximum Gasteiger partial charge on any atom is 0.303 e. The summed E-state index contributed by atoms with van der Waals surface area (Å²) in [6.45, 7) is 1.43. The number of thiophene rings is 1. The van der Waals surface area contributed by atoms with Crippen LogP contribution in [0.5, 0.6) is 0 Å². The van der Waals surface area contributed by atoms with E-state index in [-0.39, 0.29) is 18.4 Å². The molecule has 1 rings (SSSR count). The molecule has 0 saturated heterocycles. The summed E-state index contributed by atoms with van der Waals surface area (Å²) in [5, 5.41) is 13.9. The van der Waals surface area contributed by atoms with Crippen molar-refractivity contribution >= 4 is 34.8 Å². The second-order valence-corrected chi connectivity index (χ2v) is 5.20. The molecule has 0 spiro atoms. The van der Waals surface area contributed by atoms with Crippen LogP contribution >= 0.6 is 22.9 Å². The van der Waals surface area contributed by atoms with E-state index >= 15 is 0 Å². The van der Waals surface area contributed by atoms with Gasteiger partial charge in [-0.25, -0.2) is 0 Å². The molecule has 94 valence electrons. The molecule has 1 aromatic heterocycles. The normalized spacial score (nSPS) is 12.1. The van der Waals surface area contributed by atoms with Crippen molar-refractivity contribution in [2.24, 2.45) is 0 Å². The number of carboxylic acids is 1. The Labute approximate surface area is 109 Å². The summed E-state index contributed by atoms with van der Waals surface area (Å²) in [5.74, 6) is -1.01. The summed E-state index contributed by atoms with van der Waals surface area (Å²) in [4.78, 5) is 22.6. The number of rotatable bonds is 6. The number of carbonyl (C=O) groups excluding carboxylic acids is 1. The van der Waals surface area contributed by atoms with Crippen molar-refractivity contribution in [1.82, 2.24) is 5.32 Å². The topological polar surface area (TPSA) is 66.4 Å². The van der Waals surface area contributed by atoms with E-state index in [9.17, 15) is 9.59 Å². The minimum atomic E-state index is -0.857. The molecule has 0 bridgehead atoms. The zero-order valence-electron chi connectivity index (χ0n) is 9.40. The molecule has 1 aromatic rings. The summed E-state index contributed by atoms with van der Waals surface area (Å²) in [6, 6.07) is 1.68. The number of amides is 1. The first-order valence-electron chi connectivity index (χ1n) is 5.19. The third-order valence-electron chi connectivity index (χ3n) is 2.18. The van der Waals surface area contributed by atoms with Crippen LogP contribution in [0.4, 0.5) is 0 Å². The number of halogens is 1. The van der Waals surface area contributed by atoms with Crippen molar-refractivity contribution in [3.8, 4) is 0 Å². The van der Waals surface area contributed by atoms with Crippen LogP contribution in [0, 0.1) is 0 Å². The minimum absolute atomic E-state index is 0.0457. The van der Waals surface area contributed by atoms with Crippen molar-refractivity contribution in [1.29, 1.82) is 0 Å². The summed E-state index contributed by atoms with van der Waals surface area (Å²) in [6.07, 6.45) is 1.08. The molecule has 1 unspecified atom stereocenters. The van der Waals surface area contributed by atoms with Crippen molar-refractivity contribution in [3.63, 3.8) is 0 Å². The third-order valence-corrected chi connectivity index (χ3v) is 3.49. The molecule has 0 aliphatic heterocycles. The monoisotopic (exact) mass is 275 g/mol. The van der Waals surface area contributed by atoms with Crippen LogP contribution in [0.25, 0.3) is 0 Å². The second-order valence-electron chi connectivity index (χ2n) is 3.77. The number of hydrogen-bond donors (Lipinski definition) is 2. The largest absolute Gasteiger partial charge is 0.481 e. The van der Waals surface area contributed by atoms with Crippen molar-refractivity contribution in [3.05, 3.63) is 21.3 Å². The first-order valence-corrected chi connectivity index (χ1v) is 6.45. The Morgan fingerprint density at radius 1 is 1.59 bits per heavy atom. The van der Waals surface area contributed by atoms with Gasteiger partial charge in [0.05, 0.1) is 5.02 Å². The van der Waals surface area contributed by atoms with Gasteiger partial charge in [0.2, 0.25) is 5.91 Å². The lowest BCUT2D eigenvalue weighted by molar-refractivity contribution is -0.137. The predicted molar refractivity (Wildman–Crippen MR) is 67.5 cm³/mol. The molecule has 4 nitrogen and oxygen atoms in total. The lowest BCUT2D eigenvalue weighted by atomic mass is 10.1. The number of nitrogens with one attached hydrogen (secondary N) is 1. The molecule has 0 aromatic carbocycles. The highest BCUT2D eigenvalue weighted by Crippen LogP contribution is 2.21. The van der Waals surface area contributed by atoms with Crippen LogP contribution in [0.1, 0.15) is 24.6 Å². The third kappa shape index (κ3) is 5.70. The Bertz CT molecular complexity index is 405. The van der Waals surface area contributed by atoms with E-state index in [1.807, 2.05) is 11.4 Å². The Balaban J connectivity index is 2.56. The van der Waals surface area contributed by atoms with E-state index in [1.54, 1.807) is 0 Å². The number of hydrogen-bond acceptors (Lipinski definition) is 3. The molecule has 0 aliphatic carbocycles. The summed E-state index contributed by atoms with van der Waals surface area (Å²) < 4.78 is 0. The quantitative estimate of drug-likeness (QED) is 0.837. The lowest BCUT2D eigenvalue weighted by Gasteiger charge is -2.15. The van der Waals surface area contributed by atoms with Crippen LogP contribution in [-0.2, 0) is 16.0 Å². The molecule has 0 radical (unpaired) electrons. The molecule has 1 amide bonds. The van der Waals surface area contributed by atoms with Gasteiger partial charge in [0.25, 0.3) is 0 Å². The maximum atomic E-state index is 11.0. The number of carboxylic acid groups (broad SMARTS) is 1. The van der Waals surface area contributed by atoms with Gasteiger partial charge in [-0.1, -0.05) is 11.6 Å². The van der Waals surface area contributed by atoms with Gasteiger partial charge in [-0.05, 0) is 12.5 Å². The van der Waals surface area contributed by atoms with E-state index in [2.05, 4.69) is 5.32 Å². The molecule has 6 heteroatoms. The fraction of sp³-hybridized carbons (Fsp3) is 0.455. The van der Waals surface area contributed by atoms with Gasteiger partial charge in [0.15, 0.2) is 0 Å². The van der Waals surface area contributed by atoms with E-state index in [4.69, 9.17) is 16.7 Å². The van der Waals surface area contributed by atoms with E-state index < -0.39 is 5.97 Å². The van der Waals surface area contributed by atoms with Crippen molar-refractivity contribution in [2.75, 3.05) is 0 Å². The first kappa shape index (κ1) is 14.0. The molecule has 1 heterocycles. The van der Waals surface area contributed by atoms with Gasteiger partial charge < -0.3 is 10.4 Å². The summed E-state index contributed by atoms with van der Waals surface area (Å²) in [7, 11) is 0. The first-order chi connectivity index (χ1) is 7.97. The average Bonchev–Trinajstić information content (AvgIpc) is 2.59. The van der Waals surface area contributed by atoms with Gasteiger partial charge >= 0.3 is 5.97 Å². The Morgan fingerprint density at radius 2 is 2.29 bits per heavy atom. The van der Waals surface area contributed by atoms with Crippen LogP contribution in [0.3, 0.4) is 0 Å². The molecule has 0 saturated carbocycles. The Morgan fingerprint density at radius 3 is 2.76 bits per heavy atom. The number of aliphatic carboxylic acids is 1. The molecular formula is C11H14ClNO3S. The molecule has 1 atom stereocenters. The lowest BCUT2D eigenvalue weighted by Crippen LogP contribution is -2.35. The van der Waals surface area contributed by atoms with E-state index in [0.29, 0.717) is 17.9 Å². The zero-order chi connectivity index (χ0) is 12.8. The van der Waals surface area contributed by atoms with Gasteiger partial charge in [0, 0.05) is 36.1 Å². The average molecular weight is 276 g/mol. The molecule has 2 N–H and O–H groups in total. The zero-order valence-corrected chi connectivity index (χ0v) is 11.0. The van der Waals surface area contributed by atoms with Crippen LogP contribution in [-0.4, -0.2) is 23.0 Å². The fourth-order valence-corrected chi connectivity index (χ4v) is 2.67. The van der Waals surface area contributed by atoms with Gasteiger partial charge in [-0.15, -0.1) is 11.3 Å². The highest BCUT2D eigenvalue weighted by molar-refractivity contribution is 7.10. The molecular weight excluding hydrogens is 262 g/mol. The van der Waals surface area contributed by atoms with Crippen molar-refractivity contribution in [2.45, 2.75) is 32.2 Å². The van der Waals surface area contributed by atoms with E-state index in [1.165, 1.54) is 18.3 Å². The smallest absolute Gasteiger partial charge is 0.303 e. The van der Waals surface area contributed by atoms with Gasteiger partial charge in [-0.2, -0.15) is 0 Å². The van der Waals surface area contributed by atoms with Gasteiger partial charge in [0.1, 0.15) is 0 Å². The molecule has 0 aliphatic rings. The summed E-state index contributed by atoms with van der Waals surface area (Å²) >= 11 is 7.31. The second kappa shape index (κ2) is 6.61. The Kier molecular flexibility index (Phi) is 5.44. The van der Waals surface area contributed by atoms with Crippen LogP contribution < -0.4 is 5.32 Å². The molecule has 0 fully saturated rings. The molecule has 17 heavy (non-hydrogen) atoms. The van der Waals surface area contributed by atoms with Crippen LogP contribution in [0.15, 0.2) is 11.4 Å². The SMILES string of the molecule is CC(=O)NC(CCC(=O)O)Cc1cc(Cl)cs1. The number of carbonyl (C=O) groups is 2. The highest BCUT2D eigenvalue weighted by Gasteiger charge is 2.13. The standard InChI is InChI=1S/C11H14ClNO3S/c1-7(14)13-9(2-3-11(15)16)5-10-4-8(12)6-17-10/h4,6,9H,2-3,5H2,1H3,(H,13,14)(H,15,16). The maximum absolute atomic E-state index is 11.0. The Hall–Kier alpha value is -1.07. The van der Waals surface area contributed by atoms with Gasteiger partial charge in [-0.3, -0.25) is 9.59 Å². The van der Waals surface area contributed by atoms with E-state index in [0.717, 1.165) is 4.88 Å².